The minimum Gasteiger partial charge on any atom is -0.330 e. The van der Waals surface area contributed by atoms with Crippen molar-refractivity contribution in [2.75, 3.05) is 0 Å². The molecule has 0 unspecified atom stereocenters. The van der Waals surface area contributed by atoms with Gasteiger partial charge in [0.05, 0.1) is 26.2 Å². The zero-order valence-corrected chi connectivity index (χ0v) is 12.6. The van der Waals surface area contributed by atoms with Gasteiger partial charge in [-0.25, -0.2) is 4.39 Å². The summed E-state index contributed by atoms with van der Waals surface area (Å²) in [5.74, 6) is -0.345. The first kappa shape index (κ1) is 12.8. The van der Waals surface area contributed by atoms with Gasteiger partial charge in [-0.15, -0.1) is 0 Å². The lowest BCUT2D eigenvalue weighted by Gasteiger charge is -2.06. The maximum absolute atomic E-state index is 13.7. The average Bonchev–Trinajstić information content (AvgIpc) is 2.66. The molecular weight excluding hydrogens is 351 g/mol. The molecule has 0 aliphatic carbocycles. The van der Waals surface area contributed by atoms with E-state index in [-0.39, 0.29) is 5.82 Å². The van der Waals surface area contributed by atoms with Gasteiger partial charge in [-0.1, -0.05) is 23.7 Å². The van der Waals surface area contributed by atoms with Gasteiger partial charge >= 0.3 is 0 Å². The molecule has 0 radical (unpaired) electrons. The maximum atomic E-state index is 13.7. The summed E-state index contributed by atoms with van der Waals surface area (Å²) in [5, 5.41) is 0.558. The van der Waals surface area contributed by atoms with Crippen LogP contribution in [0.25, 0.3) is 16.7 Å². The van der Waals surface area contributed by atoms with Crippen LogP contribution in [-0.4, -0.2) is 9.55 Å². The first-order valence-corrected chi connectivity index (χ1v) is 7.00. The molecule has 96 valence electrons. The number of aromatic amines is 1. The van der Waals surface area contributed by atoms with Gasteiger partial charge in [0.25, 0.3) is 0 Å². The fourth-order valence-electron chi connectivity index (χ4n) is 1.97. The van der Waals surface area contributed by atoms with Crippen molar-refractivity contribution in [2.24, 2.45) is 0 Å². The van der Waals surface area contributed by atoms with Crippen LogP contribution in [0.3, 0.4) is 0 Å². The number of hydrogen-bond acceptors (Lipinski definition) is 1. The van der Waals surface area contributed by atoms with Crippen LogP contribution in [0.4, 0.5) is 4.39 Å². The molecule has 0 fully saturated rings. The second kappa shape index (κ2) is 4.74. The average molecular weight is 358 g/mol. The Hall–Kier alpha value is -1.17. The maximum Gasteiger partial charge on any atom is 0.182 e. The number of rotatable bonds is 1. The van der Waals surface area contributed by atoms with Crippen LogP contribution in [-0.2, 0) is 0 Å². The highest BCUT2D eigenvalue weighted by Gasteiger charge is 2.12. The molecule has 3 aromatic rings. The number of nitrogens with one attached hydrogen (secondary N) is 1. The lowest BCUT2D eigenvalue weighted by molar-refractivity contribution is 0.622. The first-order valence-electron chi connectivity index (χ1n) is 5.42. The number of H-pyrrole nitrogens is 1. The molecule has 0 amide bonds. The van der Waals surface area contributed by atoms with Crippen molar-refractivity contribution < 1.29 is 4.39 Å². The molecule has 0 aliphatic heterocycles. The largest absolute Gasteiger partial charge is 0.330 e. The number of nitrogens with zero attached hydrogens (tertiary/aromatic N) is 1. The van der Waals surface area contributed by atoms with E-state index >= 15 is 0 Å². The fourth-order valence-corrected chi connectivity index (χ4v) is 2.84. The van der Waals surface area contributed by atoms with Crippen molar-refractivity contribution >= 4 is 50.8 Å². The van der Waals surface area contributed by atoms with E-state index in [2.05, 4.69) is 20.9 Å². The molecule has 2 nitrogen and oxygen atoms in total. The van der Waals surface area contributed by atoms with E-state index in [9.17, 15) is 4.39 Å². The predicted octanol–water partition coefficient (Wildman–Crippen LogP) is 5.24. The smallest absolute Gasteiger partial charge is 0.182 e. The third-order valence-electron chi connectivity index (χ3n) is 2.82. The van der Waals surface area contributed by atoms with Crippen molar-refractivity contribution in [1.29, 1.82) is 0 Å². The minimum atomic E-state index is -0.345. The topological polar surface area (TPSA) is 20.7 Å². The number of imidazole rings is 1. The Morgan fingerprint density at radius 2 is 2.00 bits per heavy atom. The van der Waals surface area contributed by atoms with Gasteiger partial charge in [0, 0.05) is 6.07 Å². The van der Waals surface area contributed by atoms with E-state index in [0.29, 0.717) is 19.8 Å². The van der Waals surface area contributed by atoms with E-state index in [1.165, 1.54) is 6.07 Å². The van der Waals surface area contributed by atoms with Crippen LogP contribution in [0.5, 0.6) is 0 Å². The van der Waals surface area contributed by atoms with E-state index in [0.717, 1.165) is 11.2 Å². The number of para-hydroxylation sites is 1. The SMILES string of the molecule is Fc1cc2c(cc1Br)[nH]c(=S)n2-c1ccccc1Cl. The summed E-state index contributed by atoms with van der Waals surface area (Å²) in [6.07, 6.45) is 0. The standard InChI is InChI=1S/C13H7BrClFN2S/c14-7-5-10-12(6-9(7)16)18(13(19)17-10)11-4-2-1-3-8(11)15/h1-6H,(H,17,19). The fraction of sp³-hybridized carbons (Fsp3) is 0. The molecule has 0 bridgehead atoms. The zero-order chi connectivity index (χ0) is 13.6. The third-order valence-corrected chi connectivity index (χ3v) is 4.03. The lowest BCUT2D eigenvalue weighted by Crippen LogP contribution is -1.95. The number of halogens is 3. The highest BCUT2D eigenvalue weighted by molar-refractivity contribution is 9.10. The predicted molar refractivity (Wildman–Crippen MR) is 81.1 cm³/mol. The van der Waals surface area contributed by atoms with Crippen molar-refractivity contribution in [2.45, 2.75) is 0 Å². The van der Waals surface area contributed by atoms with Gasteiger partial charge in [0.15, 0.2) is 4.77 Å². The molecule has 1 N–H and O–H groups in total. The highest BCUT2D eigenvalue weighted by Crippen LogP contribution is 2.28. The van der Waals surface area contributed by atoms with Crippen molar-refractivity contribution in [3.8, 4) is 5.69 Å². The molecule has 3 rings (SSSR count). The summed E-state index contributed by atoms with van der Waals surface area (Å²) in [5.41, 5.74) is 2.12. The molecule has 6 heteroatoms. The molecule has 0 saturated heterocycles. The van der Waals surface area contributed by atoms with E-state index in [4.69, 9.17) is 23.8 Å². The number of benzene rings is 2. The van der Waals surface area contributed by atoms with Crippen LogP contribution in [0.2, 0.25) is 5.02 Å². The Morgan fingerprint density at radius 1 is 1.26 bits per heavy atom. The van der Waals surface area contributed by atoms with Crippen LogP contribution < -0.4 is 0 Å². The van der Waals surface area contributed by atoms with E-state index in [1.54, 1.807) is 16.7 Å². The van der Waals surface area contributed by atoms with Gasteiger partial charge in [0.1, 0.15) is 5.82 Å². The second-order valence-electron chi connectivity index (χ2n) is 4.00. The Kier molecular flexibility index (Phi) is 3.20. The summed E-state index contributed by atoms with van der Waals surface area (Å²) in [6, 6.07) is 10.4. The molecular formula is C13H7BrClFN2S. The van der Waals surface area contributed by atoms with Crippen molar-refractivity contribution in [3.05, 3.63) is 56.5 Å². The van der Waals surface area contributed by atoms with E-state index < -0.39 is 0 Å². The highest BCUT2D eigenvalue weighted by atomic mass is 79.9. The summed E-state index contributed by atoms with van der Waals surface area (Å²) in [4.78, 5) is 3.04. The Labute approximate surface area is 127 Å². The van der Waals surface area contributed by atoms with Crippen LogP contribution in [0, 0.1) is 10.6 Å². The van der Waals surface area contributed by atoms with Crippen LogP contribution in [0.1, 0.15) is 0 Å². The summed E-state index contributed by atoms with van der Waals surface area (Å²) < 4.78 is 16.3. The minimum absolute atomic E-state index is 0.345. The normalized spacial score (nSPS) is 11.1. The number of fused-ring (bicyclic) bond motifs is 1. The molecule has 0 saturated carbocycles. The third kappa shape index (κ3) is 2.12. The van der Waals surface area contributed by atoms with Crippen LogP contribution in [0.15, 0.2) is 40.9 Å². The van der Waals surface area contributed by atoms with E-state index in [1.807, 2.05) is 18.2 Å². The van der Waals surface area contributed by atoms with Crippen molar-refractivity contribution in [3.63, 3.8) is 0 Å². The molecule has 1 aromatic heterocycles. The summed E-state index contributed by atoms with van der Waals surface area (Å²) >= 11 is 14.6. The number of aromatic nitrogens is 2. The van der Waals surface area contributed by atoms with Crippen LogP contribution >= 0.6 is 39.7 Å². The molecule has 19 heavy (non-hydrogen) atoms. The molecule has 1 heterocycles. The van der Waals surface area contributed by atoms with Gasteiger partial charge in [-0.2, -0.15) is 0 Å². The summed E-state index contributed by atoms with van der Waals surface area (Å²) in [7, 11) is 0. The summed E-state index contributed by atoms with van der Waals surface area (Å²) in [6.45, 7) is 0. The Bertz CT molecular complexity index is 840. The molecule has 2 aromatic carbocycles. The van der Waals surface area contributed by atoms with Crippen molar-refractivity contribution in [1.82, 2.24) is 9.55 Å². The molecule has 0 aliphatic rings. The first-order chi connectivity index (χ1) is 9.08. The Morgan fingerprint density at radius 3 is 2.74 bits per heavy atom. The van der Waals surface area contributed by atoms with Gasteiger partial charge in [-0.05, 0) is 46.3 Å². The Balaban J connectivity index is 2.42. The molecule has 0 atom stereocenters. The second-order valence-corrected chi connectivity index (χ2v) is 5.65. The van der Waals surface area contributed by atoms with Gasteiger partial charge in [-0.3, -0.25) is 4.57 Å². The van der Waals surface area contributed by atoms with Gasteiger partial charge < -0.3 is 4.98 Å². The lowest BCUT2D eigenvalue weighted by atomic mass is 10.2. The van der Waals surface area contributed by atoms with Gasteiger partial charge in [0.2, 0.25) is 0 Å². The quantitative estimate of drug-likeness (QED) is 0.590. The molecule has 0 spiro atoms. The number of hydrogen-bond donors (Lipinski definition) is 1. The monoisotopic (exact) mass is 356 g/mol. The zero-order valence-electron chi connectivity index (χ0n) is 9.45.